The topological polar surface area (TPSA) is 95.5 Å². The van der Waals surface area contributed by atoms with Crippen LogP contribution < -0.4 is 5.73 Å². The van der Waals surface area contributed by atoms with Crippen LogP contribution in [0.3, 0.4) is 0 Å². The Morgan fingerprint density at radius 2 is 2.07 bits per heavy atom. The van der Waals surface area contributed by atoms with Crippen molar-refractivity contribution in [2.45, 2.75) is 18.8 Å². The number of aliphatic hydroxyl groups excluding tert-OH is 2. The summed E-state index contributed by atoms with van der Waals surface area (Å²) in [5, 5.41) is 23.1. The molecule has 4 N–H and O–H groups in total. The van der Waals surface area contributed by atoms with E-state index >= 15 is 0 Å². The van der Waals surface area contributed by atoms with Crippen LogP contribution in [0, 0.1) is 0 Å². The number of hydrogen-bond donors (Lipinski definition) is 3. The first-order valence-corrected chi connectivity index (χ1v) is 5.09. The Labute approximate surface area is 85.1 Å². The average molecular weight is 216 g/mol. The molecule has 1 saturated heterocycles. The van der Waals surface area contributed by atoms with E-state index in [0.29, 0.717) is 24.6 Å². The van der Waals surface area contributed by atoms with E-state index in [-0.39, 0.29) is 0 Å². The summed E-state index contributed by atoms with van der Waals surface area (Å²) in [6, 6.07) is 0. The summed E-state index contributed by atoms with van der Waals surface area (Å²) < 4.78 is 3.72. The second-order valence-electron chi connectivity index (χ2n) is 3.41. The van der Waals surface area contributed by atoms with Gasteiger partial charge < -0.3 is 15.9 Å². The van der Waals surface area contributed by atoms with Crippen molar-refractivity contribution < 1.29 is 10.2 Å². The molecule has 1 fully saturated rings. The minimum atomic E-state index is -0.664. The molecule has 1 aromatic rings. The molecule has 0 radical (unpaired) electrons. The van der Waals surface area contributed by atoms with Gasteiger partial charge in [-0.25, -0.2) is 0 Å². The summed E-state index contributed by atoms with van der Waals surface area (Å²) in [6.07, 6.45) is -1.33. The molecule has 0 spiro atoms. The number of nitrogen functional groups attached to an aromatic ring is 1. The smallest absolute Gasteiger partial charge is 0.132 e. The summed E-state index contributed by atoms with van der Waals surface area (Å²) in [5.74, 6) is 0. The van der Waals surface area contributed by atoms with E-state index in [1.807, 2.05) is 4.90 Å². The molecule has 78 valence electrons. The number of likely N-dealkylation sites (tertiary alicyclic amines) is 1. The molecule has 0 aromatic carbocycles. The third kappa shape index (κ3) is 1.85. The first-order chi connectivity index (χ1) is 6.66. The van der Waals surface area contributed by atoms with Gasteiger partial charge in [0.25, 0.3) is 0 Å². The number of β-amino-alcohol motifs (C(OH)–C–C–N with tert-alkyl or cyclic N) is 2. The van der Waals surface area contributed by atoms with Gasteiger partial charge in [0, 0.05) is 31.2 Å². The SMILES string of the molecule is Nc1snnc1CN1CC(O)C(O)C1. The molecular formula is C7H12N4O2S. The monoisotopic (exact) mass is 216 g/mol. The highest BCUT2D eigenvalue weighted by Crippen LogP contribution is 2.18. The van der Waals surface area contributed by atoms with Crippen LogP contribution >= 0.6 is 11.5 Å². The van der Waals surface area contributed by atoms with Crippen molar-refractivity contribution in [2.24, 2.45) is 0 Å². The fourth-order valence-corrected chi connectivity index (χ4v) is 1.95. The summed E-state index contributed by atoms with van der Waals surface area (Å²) >= 11 is 1.15. The zero-order chi connectivity index (χ0) is 10.1. The molecule has 2 atom stereocenters. The van der Waals surface area contributed by atoms with Crippen molar-refractivity contribution in [3.63, 3.8) is 0 Å². The molecule has 2 rings (SSSR count). The van der Waals surface area contributed by atoms with E-state index < -0.39 is 12.2 Å². The zero-order valence-electron chi connectivity index (χ0n) is 7.50. The van der Waals surface area contributed by atoms with Gasteiger partial charge in [0.15, 0.2) is 0 Å². The van der Waals surface area contributed by atoms with Crippen LogP contribution in [0.5, 0.6) is 0 Å². The number of nitrogens with zero attached hydrogens (tertiary/aromatic N) is 3. The van der Waals surface area contributed by atoms with E-state index in [1.165, 1.54) is 0 Å². The van der Waals surface area contributed by atoms with Crippen LogP contribution in [0.1, 0.15) is 5.69 Å². The van der Waals surface area contributed by atoms with Crippen molar-refractivity contribution >= 4 is 16.5 Å². The zero-order valence-corrected chi connectivity index (χ0v) is 8.31. The fraction of sp³-hybridized carbons (Fsp3) is 0.714. The molecule has 2 unspecified atom stereocenters. The van der Waals surface area contributed by atoms with Gasteiger partial charge in [-0.2, -0.15) is 0 Å². The first-order valence-electron chi connectivity index (χ1n) is 4.32. The first kappa shape index (κ1) is 9.78. The molecule has 1 aliphatic rings. The highest BCUT2D eigenvalue weighted by atomic mass is 32.1. The van der Waals surface area contributed by atoms with Crippen LogP contribution in [-0.2, 0) is 6.54 Å². The molecular weight excluding hydrogens is 204 g/mol. The normalized spacial score (nSPS) is 28.4. The number of rotatable bonds is 2. The van der Waals surface area contributed by atoms with Gasteiger partial charge >= 0.3 is 0 Å². The number of aliphatic hydroxyl groups is 2. The number of anilines is 1. The largest absolute Gasteiger partial charge is 0.389 e. The third-order valence-corrected chi connectivity index (χ3v) is 2.89. The molecule has 2 heterocycles. The maximum Gasteiger partial charge on any atom is 0.132 e. The van der Waals surface area contributed by atoms with E-state index in [0.717, 1.165) is 17.2 Å². The predicted octanol–water partition coefficient (Wildman–Crippen LogP) is -1.34. The molecule has 6 nitrogen and oxygen atoms in total. The van der Waals surface area contributed by atoms with Gasteiger partial charge in [-0.15, -0.1) is 5.10 Å². The molecule has 7 heteroatoms. The van der Waals surface area contributed by atoms with Crippen LogP contribution in [0.2, 0.25) is 0 Å². The molecule has 0 saturated carbocycles. The Morgan fingerprint density at radius 3 is 2.57 bits per heavy atom. The number of aromatic nitrogens is 2. The molecule has 0 amide bonds. The van der Waals surface area contributed by atoms with E-state index in [1.54, 1.807) is 0 Å². The summed E-state index contributed by atoms with van der Waals surface area (Å²) in [7, 11) is 0. The van der Waals surface area contributed by atoms with Gasteiger partial charge in [0.05, 0.1) is 12.2 Å². The van der Waals surface area contributed by atoms with Crippen LogP contribution in [0.15, 0.2) is 0 Å². The second kappa shape index (κ2) is 3.77. The average Bonchev–Trinajstić information content (AvgIpc) is 2.63. The molecule has 0 bridgehead atoms. The Kier molecular flexibility index (Phi) is 2.64. The van der Waals surface area contributed by atoms with Gasteiger partial charge in [0.1, 0.15) is 10.7 Å². The lowest BCUT2D eigenvalue weighted by atomic mass is 10.3. The fourth-order valence-electron chi connectivity index (χ4n) is 1.51. The van der Waals surface area contributed by atoms with Gasteiger partial charge in [-0.05, 0) is 0 Å². The number of nitrogens with two attached hydrogens (primary N) is 1. The Bertz CT molecular complexity index is 308. The number of hydrogen-bond acceptors (Lipinski definition) is 7. The van der Waals surface area contributed by atoms with Crippen LogP contribution in [-0.4, -0.2) is 50.0 Å². The van der Waals surface area contributed by atoms with Crippen molar-refractivity contribution in [1.29, 1.82) is 0 Å². The molecule has 0 aliphatic carbocycles. The van der Waals surface area contributed by atoms with Gasteiger partial charge in [-0.1, -0.05) is 4.49 Å². The van der Waals surface area contributed by atoms with E-state index in [2.05, 4.69) is 9.59 Å². The van der Waals surface area contributed by atoms with Gasteiger partial charge in [0.2, 0.25) is 0 Å². The second-order valence-corrected chi connectivity index (χ2v) is 4.20. The lowest BCUT2D eigenvalue weighted by Gasteiger charge is -2.12. The highest BCUT2D eigenvalue weighted by Gasteiger charge is 2.30. The maximum atomic E-state index is 9.31. The summed E-state index contributed by atoms with van der Waals surface area (Å²) in [4.78, 5) is 1.91. The van der Waals surface area contributed by atoms with Crippen LogP contribution in [0.25, 0.3) is 0 Å². The maximum absolute atomic E-state index is 9.31. The van der Waals surface area contributed by atoms with Crippen LogP contribution in [0.4, 0.5) is 5.00 Å². The lowest BCUT2D eigenvalue weighted by Crippen LogP contribution is -2.22. The summed E-state index contributed by atoms with van der Waals surface area (Å²) in [6.45, 7) is 1.45. The summed E-state index contributed by atoms with van der Waals surface area (Å²) in [5.41, 5.74) is 6.35. The Morgan fingerprint density at radius 1 is 1.43 bits per heavy atom. The Hall–Kier alpha value is -0.760. The molecule has 14 heavy (non-hydrogen) atoms. The van der Waals surface area contributed by atoms with E-state index in [4.69, 9.17) is 5.73 Å². The highest BCUT2D eigenvalue weighted by molar-refractivity contribution is 7.09. The van der Waals surface area contributed by atoms with Crippen molar-refractivity contribution in [3.8, 4) is 0 Å². The van der Waals surface area contributed by atoms with Crippen molar-refractivity contribution in [2.75, 3.05) is 18.8 Å². The lowest BCUT2D eigenvalue weighted by molar-refractivity contribution is 0.0572. The Balaban J connectivity index is 1.97. The molecule has 1 aliphatic heterocycles. The molecule has 1 aromatic heterocycles. The minimum absolute atomic E-state index is 0.456. The third-order valence-electron chi connectivity index (χ3n) is 2.29. The van der Waals surface area contributed by atoms with E-state index in [9.17, 15) is 10.2 Å². The van der Waals surface area contributed by atoms with Crippen molar-refractivity contribution in [3.05, 3.63) is 5.69 Å². The standard InChI is InChI=1S/C7H12N4O2S/c8-7-4(9-10-14-7)1-11-2-5(12)6(13)3-11/h5-6,12-13H,1-3,8H2. The minimum Gasteiger partial charge on any atom is -0.389 e. The quantitative estimate of drug-likeness (QED) is 0.566. The van der Waals surface area contributed by atoms with Gasteiger partial charge in [-0.3, -0.25) is 4.90 Å². The predicted molar refractivity (Wildman–Crippen MR) is 51.6 cm³/mol. The van der Waals surface area contributed by atoms with Crippen molar-refractivity contribution in [1.82, 2.24) is 14.5 Å².